The maximum atomic E-state index is 12.4. The first-order valence-corrected chi connectivity index (χ1v) is 8.77. The number of nitrogens with one attached hydrogen (secondary N) is 1. The first-order chi connectivity index (χ1) is 11.8. The number of rotatable bonds is 4. The van der Waals surface area contributed by atoms with Gasteiger partial charge in [0.15, 0.2) is 0 Å². The van der Waals surface area contributed by atoms with E-state index in [4.69, 9.17) is 9.84 Å². The number of piperidine rings is 1. The zero-order chi connectivity index (χ0) is 18.4. The summed E-state index contributed by atoms with van der Waals surface area (Å²) in [6, 6.07) is 7.49. The second-order valence-electron chi connectivity index (χ2n) is 7.40. The zero-order valence-corrected chi connectivity index (χ0v) is 15.2. The van der Waals surface area contributed by atoms with Gasteiger partial charge in [-0.2, -0.15) is 0 Å². The Morgan fingerprint density at radius 2 is 1.80 bits per heavy atom. The Kier molecular flexibility index (Phi) is 6.42. The smallest absolute Gasteiger partial charge is 0.410 e. The molecule has 0 aliphatic carbocycles. The maximum Gasteiger partial charge on any atom is 0.410 e. The monoisotopic (exact) mass is 348 g/mol. The molecule has 1 heterocycles. The predicted molar refractivity (Wildman–Crippen MR) is 96.4 cm³/mol. The minimum atomic E-state index is -0.506. The number of benzene rings is 1. The van der Waals surface area contributed by atoms with Crippen LogP contribution in [-0.4, -0.2) is 47.3 Å². The highest BCUT2D eigenvalue weighted by Crippen LogP contribution is 2.21. The number of hydrogen-bond acceptors (Lipinski definition) is 4. The van der Waals surface area contributed by atoms with E-state index in [1.165, 1.54) is 0 Å². The van der Waals surface area contributed by atoms with Crippen LogP contribution in [0.3, 0.4) is 0 Å². The number of aliphatic hydroxyl groups is 1. The first kappa shape index (κ1) is 19.2. The molecule has 25 heavy (non-hydrogen) atoms. The van der Waals surface area contributed by atoms with E-state index in [2.05, 4.69) is 5.32 Å². The van der Waals surface area contributed by atoms with E-state index >= 15 is 0 Å². The largest absolute Gasteiger partial charge is 0.444 e. The van der Waals surface area contributed by atoms with Gasteiger partial charge in [0, 0.05) is 31.3 Å². The highest BCUT2D eigenvalue weighted by molar-refractivity contribution is 5.92. The fraction of sp³-hybridized carbons (Fsp3) is 0.579. The normalized spacial score (nSPS) is 15.8. The molecular weight excluding hydrogens is 320 g/mol. The lowest BCUT2D eigenvalue weighted by Crippen LogP contribution is -2.43. The van der Waals surface area contributed by atoms with Crippen LogP contribution >= 0.6 is 0 Å². The number of hydrogen-bond donors (Lipinski definition) is 2. The number of amides is 2. The number of nitrogens with zero attached hydrogens (tertiary/aromatic N) is 1. The Labute approximate surface area is 149 Å². The van der Waals surface area contributed by atoms with Crippen molar-refractivity contribution in [3.8, 4) is 0 Å². The summed E-state index contributed by atoms with van der Waals surface area (Å²) in [5.41, 5.74) is 1.28. The Bertz CT molecular complexity index is 584. The van der Waals surface area contributed by atoms with Crippen molar-refractivity contribution >= 4 is 17.7 Å². The topological polar surface area (TPSA) is 78.9 Å². The third kappa shape index (κ3) is 6.05. The molecule has 6 heteroatoms. The summed E-state index contributed by atoms with van der Waals surface area (Å²) in [5.74, 6) is -0.116. The van der Waals surface area contributed by atoms with E-state index in [9.17, 15) is 9.59 Å². The molecular formula is C19H28N2O4. The standard InChI is InChI=1S/C19H28N2O4/c1-19(2,3)25-18(24)21-11-8-15(9-12-21)17(23)20-16-6-4-14(5-7-16)10-13-22/h4-7,15,22H,8-13H2,1-3H3,(H,20,23). The number of carbonyl (C=O) groups excluding carboxylic acids is 2. The summed E-state index contributed by atoms with van der Waals surface area (Å²) in [6.07, 6.45) is 1.56. The van der Waals surface area contributed by atoms with Crippen molar-refractivity contribution in [2.24, 2.45) is 5.92 Å². The second-order valence-corrected chi connectivity index (χ2v) is 7.40. The van der Waals surface area contributed by atoms with E-state index in [0.717, 1.165) is 11.3 Å². The molecule has 2 amide bonds. The number of anilines is 1. The first-order valence-electron chi connectivity index (χ1n) is 8.77. The van der Waals surface area contributed by atoms with E-state index in [0.29, 0.717) is 32.4 Å². The van der Waals surface area contributed by atoms with Gasteiger partial charge in [0.25, 0.3) is 0 Å². The third-order valence-corrected chi connectivity index (χ3v) is 4.14. The molecule has 1 aliphatic rings. The van der Waals surface area contributed by atoms with Crippen LogP contribution in [0.2, 0.25) is 0 Å². The summed E-state index contributed by atoms with van der Waals surface area (Å²) < 4.78 is 5.37. The van der Waals surface area contributed by atoms with Crippen LogP contribution in [0, 0.1) is 5.92 Å². The fourth-order valence-corrected chi connectivity index (χ4v) is 2.78. The SMILES string of the molecule is CC(C)(C)OC(=O)N1CCC(C(=O)Nc2ccc(CCO)cc2)CC1. The van der Waals surface area contributed by atoms with E-state index in [1.54, 1.807) is 4.90 Å². The number of likely N-dealkylation sites (tertiary alicyclic amines) is 1. The molecule has 0 radical (unpaired) electrons. The van der Waals surface area contributed by atoms with Crippen LogP contribution < -0.4 is 5.32 Å². The van der Waals surface area contributed by atoms with Crippen LogP contribution in [0.4, 0.5) is 10.5 Å². The highest BCUT2D eigenvalue weighted by Gasteiger charge is 2.29. The molecule has 1 aromatic carbocycles. The third-order valence-electron chi connectivity index (χ3n) is 4.14. The van der Waals surface area contributed by atoms with Crippen molar-refractivity contribution in [2.75, 3.05) is 25.0 Å². The van der Waals surface area contributed by atoms with Crippen molar-refractivity contribution in [1.82, 2.24) is 4.90 Å². The van der Waals surface area contributed by atoms with Gasteiger partial charge >= 0.3 is 6.09 Å². The van der Waals surface area contributed by atoms with Crippen LogP contribution in [-0.2, 0) is 16.0 Å². The Hall–Kier alpha value is -2.08. The summed E-state index contributed by atoms with van der Waals surface area (Å²) in [7, 11) is 0. The van der Waals surface area contributed by atoms with Crippen molar-refractivity contribution in [2.45, 2.75) is 45.6 Å². The predicted octanol–water partition coefficient (Wildman–Crippen LogP) is 2.81. The summed E-state index contributed by atoms with van der Waals surface area (Å²) in [6.45, 7) is 6.71. The van der Waals surface area contributed by atoms with Gasteiger partial charge in [-0.25, -0.2) is 4.79 Å². The van der Waals surface area contributed by atoms with Gasteiger partial charge in [-0.1, -0.05) is 12.1 Å². The van der Waals surface area contributed by atoms with Gasteiger partial charge in [-0.15, -0.1) is 0 Å². The minimum Gasteiger partial charge on any atom is -0.444 e. The molecule has 6 nitrogen and oxygen atoms in total. The molecule has 1 aromatic rings. The summed E-state index contributed by atoms with van der Waals surface area (Å²) >= 11 is 0. The van der Waals surface area contributed by atoms with Crippen molar-refractivity contribution in [3.05, 3.63) is 29.8 Å². The number of aliphatic hydroxyl groups excluding tert-OH is 1. The molecule has 0 unspecified atom stereocenters. The van der Waals surface area contributed by atoms with E-state index in [-0.39, 0.29) is 24.5 Å². The molecule has 1 saturated heterocycles. The molecule has 1 aliphatic heterocycles. The average Bonchev–Trinajstić information content (AvgIpc) is 2.55. The molecule has 0 atom stereocenters. The fourth-order valence-electron chi connectivity index (χ4n) is 2.78. The molecule has 2 N–H and O–H groups in total. The maximum absolute atomic E-state index is 12.4. The number of carbonyl (C=O) groups is 2. The summed E-state index contributed by atoms with van der Waals surface area (Å²) in [5, 5.41) is 11.8. The van der Waals surface area contributed by atoms with Crippen LogP contribution in [0.5, 0.6) is 0 Å². The van der Waals surface area contributed by atoms with Crippen molar-refractivity contribution in [3.63, 3.8) is 0 Å². The Balaban J connectivity index is 1.81. The molecule has 0 spiro atoms. The average molecular weight is 348 g/mol. The quantitative estimate of drug-likeness (QED) is 0.877. The summed E-state index contributed by atoms with van der Waals surface area (Å²) in [4.78, 5) is 26.1. The molecule has 2 rings (SSSR count). The van der Waals surface area contributed by atoms with Crippen molar-refractivity contribution < 1.29 is 19.4 Å². The van der Waals surface area contributed by atoms with Gasteiger partial charge in [-0.05, 0) is 57.7 Å². The lowest BCUT2D eigenvalue weighted by molar-refractivity contribution is -0.121. The lowest BCUT2D eigenvalue weighted by Gasteiger charge is -2.32. The van der Waals surface area contributed by atoms with Gasteiger partial charge in [0.1, 0.15) is 5.60 Å². The molecule has 0 saturated carbocycles. The minimum absolute atomic E-state index is 0.0150. The van der Waals surface area contributed by atoms with Gasteiger partial charge < -0.3 is 20.1 Å². The van der Waals surface area contributed by atoms with Gasteiger partial charge in [0.2, 0.25) is 5.91 Å². The highest BCUT2D eigenvalue weighted by atomic mass is 16.6. The molecule has 0 bridgehead atoms. The molecule has 138 valence electrons. The van der Waals surface area contributed by atoms with E-state index < -0.39 is 5.60 Å². The second kappa shape index (κ2) is 8.34. The van der Waals surface area contributed by atoms with Crippen molar-refractivity contribution in [1.29, 1.82) is 0 Å². The number of ether oxygens (including phenoxy) is 1. The van der Waals surface area contributed by atoms with E-state index in [1.807, 2.05) is 45.0 Å². The van der Waals surface area contributed by atoms with Gasteiger partial charge in [0.05, 0.1) is 0 Å². The molecule has 1 fully saturated rings. The molecule has 0 aromatic heterocycles. The van der Waals surface area contributed by atoms with Crippen LogP contribution in [0.1, 0.15) is 39.2 Å². The lowest BCUT2D eigenvalue weighted by atomic mass is 9.96. The Morgan fingerprint density at radius 1 is 1.20 bits per heavy atom. The van der Waals surface area contributed by atoms with Gasteiger partial charge in [-0.3, -0.25) is 4.79 Å². The van der Waals surface area contributed by atoms with Crippen LogP contribution in [0.15, 0.2) is 24.3 Å². The zero-order valence-electron chi connectivity index (χ0n) is 15.2. The Morgan fingerprint density at radius 3 is 2.32 bits per heavy atom. The van der Waals surface area contributed by atoms with Crippen LogP contribution in [0.25, 0.3) is 0 Å².